The van der Waals surface area contributed by atoms with E-state index >= 15 is 0 Å². The summed E-state index contributed by atoms with van der Waals surface area (Å²) in [5.41, 5.74) is 0.306. The van der Waals surface area contributed by atoms with Crippen LogP contribution in [0, 0.1) is 5.92 Å². The topological polar surface area (TPSA) is 49.4 Å². The number of hydrogen-bond acceptors (Lipinski definition) is 3. The number of thiophene rings is 1. The number of hydrogen-bond donors (Lipinski definition) is 1. The third-order valence-corrected chi connectivity index (χ3v) is 4.74. The van der Waals surface area contributed by atoms with Gasteiger partial charge in [-0.25, -0.2) is 0 Å². The van der Waals surface area contributed by atoms with E-state index in [-0.39, 0.29) is 23.8 Å². The molecule has 1 saturated heterocycles. The van der Waals surface area contributed by atoms with Crippen molar-refractivity contribution in [2.75, 3.05) is 0 Å². The van der Waals surface area contributed by atoms with Crippen LogP contribution in [0.5, 0.6) is 0 Å². The fourth-order valence-corrected chi connectivity index (χ4v) is 3.30. The van der Waals surface area contributed by atoms with Gasteiger partial charge in [0.2, 0.25) is 11.8 Å². The molecule has 2 unspecified atom stereocenters. The van der Waals surface area contributed by atoms with E-state index in [1.165, 1.54) is 0 Å². The summed E-state index contributed by atoms with van der Waals surface area (Å²) >= 11 is 1.61. The van der Waals surface area contributed by atoms with Gasteiger partial charge in [-0.05, 0) is 41.7 Å². The maximum atomic E-state index is 12.8. The Balaban J connectivity index is 2.34. The zero-order valence-electron chi connectivity index (χ0n) is 12.5. The number of carbonyl (C=O) groups is 2. The predicted molar refractivity (Wildman–Crippen MR) is 80.3 cm³/mol. The molecule has 0 aliphatic carbocycles. The Morgan fingerprint density at radius 3 is 2.65 bits per heavy atom. The van der Waals surface area contributed by atoms with Gasteiger partial charge in [-0.3, -0.25) is 9.59 Å². The van der Waals surface area contributed by atoms with Crippen LogP contribution in [0.3, 0.4) is 0 Å². The first-order valence-electron chi connectivity index (χ1n) is 7.03. The third kappa shape index (κ3) is 2.59. The van der Waals surface area contributed by atoms with E-state index in [2.05, 4.69) is 5.32 Å². The van der Waals surface area contributed by atoms with Crippen LogP contribution >= 0.6 is 11.3 Å². The summed E-state index contributed by atoms with van der Waals surface area (Å²) in [6, 6.07) is 1.62. The van der Waals surface area contributed by atoms with Gasteiger partial charge in [-0.15, -0.1) is 0 Å². The van der Waals surface area contributed by atoms with Crippen molar-refractivity contribution in [3.05, 3.63) is 22.4 Å². The summed E-state index contributed by atoms with van der Waals surface area (Å²) in [4.78, 5) is 26.9. The summed E-state index contributed by atoms with van der Waals surface area (Å²) in [5.74, 6) is 0.0719. The Bertz CT molecular complexity index is 498. The minimum absolute atomic E-state index is 0.0181. The van der Waals surface area contributed by atoms with Crippen molar-refractivity contribution < 1.29 is 9.59 Å². The van der Waals surface area contributed by atoms with Crippen LogP contribution in [0.4, 0.5) is 0 Å². The summed E-state index contributed by atoms with van der Waals surface area (Å²) in [5, 5.41) is 6.93. The Labute approximate surface area is 124 Å². The molecule has 110 valence electrons. The quantitative estimate of drug-likeness (QED) is 0.927. The second kappa shape index (κ2) is 5.56. The third-order valence-electron chi connectivity index (χ3n) is 4.01. The lowest BCUT2D eigenvalue weighted by molar-refractivity contribution is -0.157. The Hall–Kier alpha value is -1.36. The smallest absolute Gasteiger partial charge is 0.249 e. The van der Waals surface area contributed by atoms with Crippen molar-refractivity contribution in [3.63, 3.8) is 0 Å². The van der Waals surface area contributed by atoms with Crippen molar-refractivity contribution in [1.29, 1.82) is 0 Å². The fourth-order valence-electron chi connectivity index (χ4n) is 2.64. The van der Waals surface area contributed by atoms with Crippen LogP contribution < -0.4 is 5.32 Å². The Kier molecular flexibility index (Phi) is 4.18. The van der Waals surface area contributed by atoms with Crippen LogP contribution in [0.15, 0.2) is 16.8 Å². The highest BCUT2D eigenvalue weighted by atomic mass is 32.1. The molecule has 20 heavy (non-hydrogen) atoms. The van der Waals surface area contributed by atoms with Crippen LogP contribution in [0.1, 0.15) is 39.7 Å². The van der Waals surface area contributed by atoms with E-state index in [1.54, 1.807) is 16.2 Å². The minimum atomic E-state index is -0.779. The lowest BCUT2D eigenvalue weighted by Crippen LogP contribution is -2.69. The van der Waals surface area contributed by atoms with E-state index in [4.69, 9.17) is 0 Å². The van der Waals surface area contributed by atoms with Crippen LogP contribution in [0.25, 0.3) is 0 Å². The summed E-state index contributed by atoms with van der Waals surface area (Å²) < 4.78 is 0. The molecule has 0 bridgehead atoms. The highest BCUT2D eigenvalue weighted by molar-refractivity contribution is 7.07. The minimum Gasteiger partial charge on any atom is -0.340 e. The molecule has 1 fully saturated rings. The number of rotatable bonds is 4. The molecule has 2 rings (SSSR count). The van der Waals surface area contributed by atoms with Crippen molar-refractivity contribution >= 4 is 23.2 Å². The van der Waals surface area contributed by atoms with Crippen LogP contribution in [-0.2, 0) is 16.1 Å². The molecule has 0 aromatic carbocycles. The lowest BCUT2D eigenvalue weighted by atomic mass is 9.88. The normalized spacial score (nSPS) is 27.1. The van der Waals surface area contributed by atoms with Crippen molar-refractivity contribution in [3.8, 4) is 0 Å². The van der Waals surface area contributed by atoms with Gasteiger partial charge in [-0.1, -0.05) is 20.8 Å². The lowest BCUT2D eigenvalue weighted by Gasteiger charge is -2.45. The molecular formula is C15H22N2O2S. The maximum Gasteiger partial charge on any atom is 0.249 e. The molecule has 2 heterocycles. The zero-order valence-corrected chi connectivity index (χ0v) is 13.3. The monoisotopic (exact) mass is 294 g/mol. The fraction of sp³-hybridized carbons (Fsp3) is 0.600. The number of nitrogens with one attached hydrogen (secondary N) is 1. The first-order chi connectivity index (χ1) is 9.39. The second-order valence-corrected chi connectivity index (χ2v) is 6.71. The molecule has 0 spiro atoms. The Morgan fingerprint density at radius 2 is 2.15 bits per heavy atom. The van der Waals surface area contributed by atoms with Gasteiger partial charge >= 0.3 is 0 Å². The highest BCUT2D eigenvalue weighted by Gasteiger charge is 2.47. The molecule has 0 radical (unpaired) electrons. The molecule has 1 aliphatic heterocycles. The molecule has 1 aliphatic rings. The molecular weight excluding hydrogens is 272 g/mol. The van der Waals surface area contributed by atoms with Crippen LogP contribution in [-0.4, -0.2) is 28.3 Å². The average Bonchev–Trinajstić information content (AvgIpc) is 2.88. The summed E-state index contributed by atoms with van der Waals surface area (Å²) in [6.07, 6.45) is 0.600. The van der Waals surface area contributed by atoms with Crippen LogP contribution in [0.2, 0.25) is 0 Å². The molecule has 5 heteroatoms. The summed E-state index contributed by atoms with van der Waals surface area (Å²) in [7, 11) is 0. The van der Waals surface area contributed by atoms with Crippen molar-refractivity contribution in [2.24, 2.45) is 5.92 Å². The summed E-state index contributed by atoms with van der Waals surface area (Å²) in [6.45, 7) is 8.20. The first kappa shape index (κ1) is 15.0. The van der Waals surface area contributed by atoms with E-state index in [0.29, 0.717) is 13.0 Å². The average molecular weight is 294 g/mol. The first-order valence-corrected chi connectivity index (χ1v) is 7.97. The van der Waals surface area contributed by atoms with Gasteiger partial charge in [0.15, 0.2) is 0 Å². The van der Waals surface area contributed by atoms with E-state index in [0.717, 1.165) is 5.56 Å². The Morgan fingerprint density at radius 1 is 1.45 bits per heavy atom. The van der Waals surface area contributed by atoms with Gasteiger partial charge < -0.3 is 10.2 Å². The molecule has 4 nitrogen and oxygen atoms in total. The maximum absolute atomic E-state index is 12.8. The van der Waals surface area contributed by atoms with Gasteiger partial charge in [0.05, 0.1) is 0 Å². The van der Waals surface area contributed by atoms with Crippen molar-refractivity contribution in [2.45, 2.75) is 52.2 Å². The number of amides is 2. The second-order valence-electron chi connectivity index (χ2n) is 5.93. The molecule has 1 aromatic heterocycles. The number of piperazine rings is 1. The predicted octanol–water partition coefficient (Wildman–Crippen LogP) is 2.40. The van der Waals surface area contributed by atoms with E-state index in [1.807, 2.05) is 44.5 Å². The standard InChI is InChI=1S/C15H22N2O2S/c1-5-15(4)14(19)17(8-11-6-7-20-9-11)12(10(2)3)13(18)16-15/h6-7,9-10,12H,5,8H2,1-4H3,(H,16,18). The molecule has 1 N–H and O–H groups in total. The van der Waals surface area contributed by atoms with E-state index < -0.39 is 5.54 Å². The van der Waals surface area contributed by atoms with Gasteiger partial charge in [0.25, 0.3) is 0 Å². The molecule has 1 aromatic rings. The molecule has 2 atom stereocenters. The van der Waals surface area contributed by atoms with Gasteiger partial charge in [0.1, 0.15) is 11.6 Å². The highest BCUT2D eigenvalue weighted by Crippen LogP contribution is 2.27. The van der Waals surface area contributed by atoms with E-state index in [9.17, 15) is 9.59 Å². The SMILES string of the molecule is CCC1(C)NC(=O)C(C(C)C)N(Cc2ccsc2)C1=O. The number of nitrogens with zero attached hydrogens (tertiary/aromatic N) is 1. The largest absolute Gasteiger partial charge is 0.340 e. The van der Waals surface area contributed by atoms with Gasteiger partial charge in [0, 0.05) is 6.54 Å². The zero-order chi connectivity index (χ0) is 14.9. The van der Waals surface area contributed by atoms with Gasteiger partial charge in [-0.2, -0.15) is 11.3 Å². The molecule has 0 saturated carbocycles. The molecule has 2 amide bonds. The van der Waals surface area contributed by atoms with Crippen molar-refractivity contribution in [1.82, 2.24) is 10.2 Å². The number of carbonyl (C=O) groups excluding carboxylic acids is 2.